The molecule has 1 heterocycles. The lowest BCUT2D eigenvalue weighted by molar-refractivity contribution is -0.132. The number of carbonyl (C=O) groups excluding carboxylic acids is 2. The van der Waals surface area contributed by atoms with Crippen LogP contribution in [0.2, 0.25) is 10.0 Å². The third-order valence-electron chi connectivity index (χ3n) is 6.74. The number of hydrogen-bond acceptors (Lipinski definition) is 4. The van der Waals surface area contributed by atoms with Crippen LogP contribution in [-0.4, -0.2) is 67.1 Å². The Morgan fingerprint density at radius 3 is 2.50 bits per heavy atom. The number of aromatic amines is 1. The lowest BCUT2D eigenvalue weighted by Gasteiger charge is -2.28. The van der Waals surface area contributed by atoms with Crippen LogP contribution in [0.3, 0.4) is 0 Å². The zero-order valence-electron chi connectivity index (χ0n) is 22.7. The lowest BCUT2D eigenvalue weighted by Crippen LogP contribution is -2.44. The van der Waals surface area contributed by atoms with Crippen molar-refractivity contribution in [3.63, 3.8) is 0 Å². The summed E-state index contributed by atoms with van der Waals surface area (Å²) < 4.78 is 10.5. The van der Waals surface area contributed by atoms with Gasteiger partial charge in [0, 0.05) is 56.0 Å². The highest BCUT2D eigenvalue weighted by Gasteiger charge is 2.23. The second kappa shape index (κ2) is 14.2. The number of ether oxygens (including phenoxy) is 2. The van der Waals surface area contributed by atoms with Crippen LogP contribution in [0.5, 0.6) is 5.75 Å². The third-order valence-corrected chi connectivity index (χ3v) is 7.48. The molecule has 0 fully saturated rings. The maximum atomic E-state index is 13.8. The summed E-state index contributed by atoms with van der Waals surface area (Å²) >= 11 is 12.4. The molecule has 0 aliphatic heterocycles. The Kier molecular flexibility index (Phi) is 10.5. The van der Waals surface area contributed by atoms with Crippen LogP contribution < -0.4 is 4.74 Å². The first-order valence-corrected chi connectivity index (χ1v) is 13.8. The number of nitrogens with one attached hydrogen (secondary N) is 1. The SMILES string of the molecule is COCCCN(CC(=O)N(CCc1c[nH]c2ccccc12)Cc1ccc(Cl)c(Cl)c1)C(=O)c1cccc(OC)c1. The monoisotopic (exact) mass is 581 g/mol. The summed E-state index contributed by atoms with van der Waals surface area (Å²) in [4.78, 5) is 34.0. The summed E-state index contributed by atoms with van der Waals surface area (Å²) in [7, 11) is 3.17. The number of hydrogen-bond donors (Lipinski definition) is 1. The molecule has 3 aromatic carbocycles. The molecule has 7 nitrogen and oxygen atoms in total. The van der Waals surface area contributed by atoms with Crippen molar-refractivity contribution < 1.29 is 19.1 Å². The second-order valence-corrected chi connectivity index (χ2v) is 10.3. The first kappa shape index (κ1) is 29.5. The fraction of sp³-hybridized carbons (Fsp3) is 0.290. The van der Waals surface area contributed by atoms with E-state index in [2.05, 4.69) is 11.1 Å². The standard InChI is InChI=1S/C31H33Cl2N3O4/c1-39-16-6-14-36(31(38)23-7-5-8-25(18-23)40-2)21-30(37)35(20-22-11-12-27(32)28(33)17-22)15-13-24-19-34-29-10-4-3-9-26(24)29/h3-5,7-12,17-19,34H,6,13-16,20-21H2,1-2H3. The van der Waals surface area contributed by atoms with E-state index in [1.807, 2.05) is 30.5 Å². The molecule has 9 heteroatoms. The highest BCUT2D eigenvalue weighted by Crippen LogP contribution is 2.24. The van der Waals surface area contributed by atoms with Gasteiger partial charge in [-0.15, -0.1) is 0 Å². The first-order chi connectivity index (χ1) is 19.4. The molecule has 0 atom stereocenters. The lowest BCUT2D eigenvalue weighted by atomic mass is 10.1. The second-order valence-electron chi connectivity index (χ2n) is 9.48. The van der Waals surface area contributed by atoms with Gasteiger partial charge in [-0.2, -0.15) is 0 Å². The Balaban J connectivity index is 1.57. The van der Waals surface area contributed by atoms with Crippen LogP contribution in [0.4, 0.5) is 0 Å². The van der Waals surface area contributed by atoms with Crippen molar-refractivity contribution in [3.05, 3.63) is 99.7 Å². The molecular formula is C31H33Cl2N3O4. The molecule has 210 valence electrons. The average molecular weight is 583 g/mol. The number of H-pyrrole nitrogens is 1. The summed E-state index contributed by atoms with van der Waals surface area (Å²) in [5.74, 6) is 0.169. The molecule has 1 N–H and O–H groups in total. The Morgan fingerprint density at radius 1 is 0.900 bits per heavy atom. The van der Waals surface area contributed by atoms with E-state index in [0.29, 0.717) is 60.4 Å². The van der Waals surface area contributed by atoms with Crippen molar-refractivity contribution in [2.75, 3.05) is 40.5 Å². The Labute approximate surface area is 244 Å². The van der Waals surface area contributed by atoms with E-state index in [1.54, 1.807) is 60.4 Å². The van der Waals surface area contributed by atoms with E-state index >= 15 is 0 Å². The van der Waals surface area contributed by atoms with Gasteiger partial charge in [0.15, 0.2) is 0 Å². The minimum atomic E-state index is -0.241. The van der Waals surface area contributed by atoms with E-state index < -0.39 is 0 Å². The highest BCUT2D eigenvalue weighted by molar-refractivity contribution is 6.42. The van der Waals surface area contributed by atoms with E-state index in [4.69, 9.17) is 32.7 Å². The van der Waals surface area contributed by atoms with E-state index in [0.717, 1.165) is 22.0 Å². The predicted octanol–water partition coefficient (Wildman–Crippen LogP) is 6.23. The van der Waals surface area contributed by atoms with Crippen LogP contribution >= 0.6 is 23.2 Å². The average Bonchev–Trinajstić information content (AvgIpc) is 3.39. The molecule has 0 spiro atoms. The van der Waals surface area contributed by atoms with Crippen LogP contribution in [-0.2, 0) is 22.5 Å². The fourth-order valence-electron chi connectivity index (χ4n) is 4.60. The van der Waals surface area contributed by atoms with Crippen molar-refractivity contribution in [1.82, 2.24) is 14.8 Å². The summed E-state index contributed by atoms with van der Waals surface area (Å²) in [5, 5.41) is 2.01. The summed E-state index contributed by atoms with van der Waals surface area (Å²) in [6.07, 6.45) is 3.22. The van der Waals surface area contributed by atoms with Crippen LogP contribution in [0.15, 0.2) is 72.9 Å². The highest BCUT2D eigenvalue weighted by atomic mass is 35.5. The molecule has 0 radical (unpaired) electrons. The normalized spacial score (nSPS) is 11.0. The molecule has 0 aliphatic carbocycles. The van der Waals surface area contributed by atoms with Crippen molar-refractivity contribution in [1.29, 1.82) is 0 Å². The topological polar surface area (TPSA) is 74.9 Å². The summed E-state index contributed by atoms with van der Waals surface area (Å²) in [5.41, 5.74) is 3.48. The molecule has 0 unspecified atom stereocenters. The first-order valence-electron chi connectivity index (χ1n) is 13.1. The van der Waals surface area contributed by atoms with Gasteiger partial charge in [-0.25, -0.2) is 0 Å². The fourth-order valence-corrected chi connectivity index (χ4v) is 4.92. The summed E-state index contributed by atoms with van der Waals surface area (Å²) in [6.45, 7) is 1.56. The zero-order chi connectivity index (χ0) is 28.5. The van der Waals surface area contributed by atoms with Crippen LogP contribution in [0.25, 0.3) is 10.9 Å². The molecule has 4 rings (SSSR count). The van der Waals surface area contributed by atoms with Gasteiger partial charge in [0.2, 0.25) is 5.91 Å². The minimum absolute atomic E-state index is 0.0744. The smallest absolute Gasteiger partial charge is 0.254 e. The Hall–Kier alpha value is -3.52. The van der Waals surface area contributed by atoms with Gasteiger partial charge in [0.05, 0.1) is 17.2 Å². The largest absolute Gasteiger partial charge is 0.497 e. The number of para-hydroxylation sites is 1. The number of aromatic nitrogens is 1. The van der Waals surface area contributed by atoms with Gasteiger partial charge in [-0.1, -0.05) is 53.5 Å². The number of carbonyl (C=O) groups is 2. The van der Waals surface area contributed by atoms with Gasteiger partial charge in [0.25, 0.3) is 5.91 Å². The predicted molar refractivity (Wildman–Crippen MR) is 159 cm³/mol. The van der Waals surface area contributed by atoms with E-state index in [1.165, 1.54) is 0 Å². The van der Waals surface area contributed by atoms with Crippen LogP contribution in [0.1, 0.15) is 27.9 Å². The molecule has 0 aliphatic rings. The van der Waals surface area contributed by atoms with Crippen LogP contribution in [0, 0.1) is 0 Å². The van der Waals surface area contributed by atoms with Gasteiger partial charge in [-0.05, 0) is 60.4 Å². The zero-order valence-corrected chi connectivity index (χ0v) is 24.2. The van der Waals surface area contributed by atoms with E-state index in [-0.39, 0.29) is 18.4 Å². The third kappa shape index (κ3) is 7.56. The van der Waals surface area contributed by atoms with Gasteiger partial charge >= 0.3 is 0 Å². The van der Waals surface area contributed by atoms with E-state index in [9.17, 15) is 9.59 Å². The number of fused-ring (bicyclic) bond motifs is 1. The van der Waals surface area contributed by atoms with Gasteiger partial charge in [-0.3, -0.25) is 9.59 Å². The molecule has 0 saturated carbocycles. The maximum Gasteiger partial charge on any atom is 0.254 e. The van der Waals surface area contributed by atoms with Crippen molar-refractivity contribution in [2.24, 2.45) is 0 Å². The molecule has 1 aromatic heterocycles. The minimum Gasteiger partial charge on any atom is -0.497 e. The number of methoxy groups -OCH3 is 2. The molecule has 0 bridgehead atoms. The Morgan fingerprint density at radius 2 is 1.73 bits per heavy atom. The molecule has 0 saturated heterocycles. The maximum absolute atomic E-state index is 13.8. The summed E-state index contributed by atoms with van der Waals surface area (Å²) in [6, 6.07) is 20.4. The molecule has 2 amide bonds. The molecular weight excluding hydrogens is 549 g/mol. The Bertz CT molecular complexity index is 1460. The number of benzene rings is 3. The number of amides is 2. The van der Waals surface area contributed by atoms with Gasteiger partial charge < -0.3 is 24.3 Å². The molecule has 40 heavy (non-hydrogen) atoms. The van der Waals surface area contributed by atoms with Crippen molar-refractivity contribution in [2.45, 2.75) is 19.4 Å². The number of rotatable bonds is 13. The van der Waals surface area contributed by atoms with Crippen molar-refractivity contribution >= 4 is 45.9 Å². The van der Waals surface area contributed by atoms with Crippen molar-refractivity contribution in [3.8, 4) is 5.75 Å². The number of nitrogens with zero attached hydrogens (tertiary/aromatic N) is 2. The van der Waals surface area contributed by atoms with Gasteiger partial charge in [0.1, 0.15) is 12.3 Å². The molecule has 4 aromatic rings. The quantitative estimate of drug-likeness (QED) is 0.190. The number of halogens is 2.